The third-order valence-electron chi connectivity index (χ3n) is 6.05. The number of likely N-dealkylation sites (tertiary alicyclic amines) is 1. The number of benzene rings is 1. The molecule has 0 aliphatic carbocycles. The monoisotopic (exact) mass is 465 g/mol. The summed E-state index contributed by atoms with van der Waals surface area (Å²) in [6.45, 7) is 6.19. The van der Waals surface area contributed by atoms with Crippen molar-refractivity contribution in [2.75, 3.05) is 38.1 Å². The van der Waals surface area contributed by atoms with Gasteiger partial charge in [0.25, 0.3) is 0 Å². The molecule has 178 valence electrons. The van der Waals surface area contributed by atoms with E-state index in [9.17, 15) is 18.0 Å². The van der Waals surface area contributed by atoms with Crippen LogP contribution in [0, 0.1) is 5.92 Å². The maximum atomic E-state index is 13.3. The van der Waals surface area contributed by atoms with E-state index in [1.54, 1.807) is 17.0 Å². The van der Waals surface area contributed by atoms with Gasteiger partial charge in [-0.1, -0.05) is 13.3 Å². The van der Waals surface area contributed by atoms with Gasteiger partial charge < -0.3 is 15.0 Å². The van der Waals surface area contributed by atoms with Gasteiger partial charge in [-0.15, -0.1) is 0 Å². The van der Waals surface area contributed by atoms with Gasteiger partial charge in [0.15, 0.2) is 0 Å². The van der Waals surface area contributed by atoms with Gasteiger partial charge >= 0.3 is 0 Å². The van der Waals surface area contributed by atoms with Crippen molar-refractivity contribution in [1.29, 1.82) is 0 Å². The van der Waals surface area contributed by atoms with E-state index in [2.05, 4.69) is 5.32 Å². The highest BCUT2D eigenvalue weighted by molar-refractivity contribution is 7.89. The number of carbonyl (C=O) groups is 2. The molecule has 0 spiro atoms. The van der Waals surface area contributed by atoms with Gasteiger partial charge in [-0.05, 0) is 57.2 Å². The van der Waals surface area contributed by atoms with E-state index in [1.165, 1.54) is 10.4 Å². The Morgan fingerprint density at radius 1 is 1.09 bits per heavy atom. The summed E-state index contributed by atoms with van der Waals surface area (Å²) in [6.07, 6.45) is 5.48. The topological polar surface area (TPSA) is 96.0 Å². The average molecular weight is 466 g/mol. The number of nitrogens with one attached hydrogen (secondary N) is 1. The van der Waals surface area contributed by atoms with E-state index in [0.717, 1.165) is 32.1 Å². The number of anilines is 1. The van der Waals surface area contributed by atoms with Crippen LogP contribution >= 0.6 is 0 Å². The first-order valence-corrected chi connectivity index (χ1v) is 13.2. The molecule has 0 aromatic heterocycles. The second-order valence-corrected chi connectivity index (χ2v) is 10.4. The number of ether oxygens (including phenoxy) is 1. The molecule has 2 amide bonds. The fraction of sp³-hybridized carbons (Fsp3) is 0.652. The van der Waals surface area contributed by atoms with E-state index in [4.69, 9.17) is 4.74 Å². The highest BCUT2D eigenvalue weighted by Gasteiger charge is 2.31. The smallest absolute Gasteiger partial charge is 0.246 e. The summed E-state index contributed by atoms with van der Waals surface area (Å²) >= 11 is 0. The average Bonchev–Trinajstić information content (AvgIpc) is 2.81. The van der Waals surface area contributed by atoms with Gasteiger partial charge in [-0.2, -0.15) is 4.31 Å². The molecule has 1 atom stereocenters. The number of carbonyl (C=O) groups excluding carboxylic acids is 2. The van der Waals surface area contributed by atoms with Crippen LogP contribution in [0.25, 0.3) is 0 Å². The van der Waals surface area contributed by atoms with E-state index in [0.29, 0.717) is 57.1 Å². The molecule has 0 saturated carbocycles. The molecule has 8 nitrogen and oxygen atoms in total. The van der Waals surface area contributed by atoms with Gasteiger partial charge in [0.2, 0.25) is 21.8 Å². The Morgan fingerprint density at radius 2 is 1.84 bits per heavy atom. The minimum absolute atomic E-state index is 0.0842. The summed E-state index contributed by atoms with van der Waals surface area (Å²) in [6, 6.07) is 4.77. The van der Waals surface area contributed by atoms with Crippen molar-refractivity contribution in [1.82, 2.24) is 9.21 Å². The molecule has 2 saturated heterocycles. The quantitative estimate of drug-likeness (QED) is 0.636. The lowest BCUT2D eigenvalue weighted by atomic mass is 9.96. The number of rotatable bonds is 8. The molecule has 9 heteroatoms. The van der Waals surface area contributed by atoms with Crippen molar-refractivity contribution < 1.29 is 22.7 Å². The summed E-state index contributed by atoms with van der Waals surface area (Å²) in [5.74, 6) is -0.117. The standard InChI is InChI=1S/C23H35N3O5S/c1-3-9-22(27)25-13-8-10-18(17-25)23(28)24-19-11-12-20(31-4-2)21(16-19)32(29,30)26-14-6-5-7-15-26/h11-12,16,18H,3-10,13-15,17H2,1-2H3,(H,24,28). The van der Waals surface area contributed by atoms with Crippen LogP contribution < -0.4 is 10.1 Å². The summed E-state index contributed by atoms with van der Waals surface area (Å²) in [7, 11) is -3.72. The number of nitrogens with zero attached hydrogens (tertiary/aromatic N) is 2. The van der Waals surface area contributed by atoms with Crippen LogP contribution in [0.3, 0.4) is 0 Å². The molecule has 3 rings (SSSR count). The minimum Gasteiger partial charge on any atom is -0.492 e. The fourth-order valence-electron chi connectivity index (χ4n) is 4.34. The molecule has 2 fully saturated rings. The second-order valence-electron chi connectivity index (χ2n) is 8.48. The Kier molecular flexibility index (Phi) is 8.53. The zero-order chi connectivity index (χ0) is 23.1. The van der Waals surface area contributed by atoms with Crippen molar-refractivity contribution in [3.05, 3.63) is 18.2 Å². The van der Waals surface area contributed by atoms with Crippen LogP contribution in [0.2, 0.25) is 0 Å². The highest BCUT2D eigenvalue weighted by Crippen LogP contribution is 2.32. The van der Waals surface area contributed by atoms with Crippen LogP contribution in [-0.4, -0.2) is 62.2 Å². The molecule has 1 aromatic carbocycles. The predicted molar refractivity (Wildman–Crippen MR) is 123 cm³/mol. The van der Waals surface area contributed by atoms with Crippen molar-refractivity contribution in [2.24, 2.45) is 5.92 Å². The Labute approximate surface area is 191 Å². The Hall–Kier alpha value is -2.13. The summed E-state index contributed by atoms with van der Waals surface area (Å²) in [5, 5.41) is 2.87. The third kappa shape index (κ3) is 5.81. The van der Waals surface area contributed by atoms with Gasteiger partial charge in [0.1, 0.15) is 10.6 Å². The van der Waals surface area contributed by atoms with E-state index in [1.807, 2.05) is 13.8 Å². The van der Waals surface area contributed by atoms with E-state index in [-0.39, 0.29) is 22.6 Å². The maximum Gasteiger partial charge on any atom is 0.246 e. The summed E-state index contributed by atoms with van der Waals surface area (Å²) in [5.41, 5.74) is 0.422. The SMILES string of the molecule is CCCC(=O)N1CCCC(C(=O)Nc2ccc(OCC)c(S(=O)(=O)N3CCCCC3)c2)C1. The molecule has 2 aliphatic heterocycles. The Morgan fingerprint density at radius 3 is 2.53 bits per heavy atom. The van der Waals surface area contributed by atoms with Crippen LogP contribution in [0.15, 0.2) is 23.1 Å². The summed E-state index contributed by atoms with van der Waals surface area (Å²) < 4.78 is 33.7. The highest BCUT2D eigenvalue weighted by atomic mass is 32.2. The molecular formula is C23H35N3O5S. The number of hydrogen-bond donors (Lipinski definition) is 1. The van der Waals surface area contributed by atoms with E-state index >= 15 is 0 Å². The molecule has 1 N–H and O–H groups in total. The predicted octanol–water partition coefficient (Wildman–Crippen LogP) is 3.24. The third-order valence-corrected chi connectivity index (χ3v) is 7.97. The fourth-order valence-corrected chi connectivity index (χ4v) is 6.01. The Balaban J connectivity index is 1.77. The van der Waals surface area contributed by atoms with E-state index < -0.39 is 10.0 Å². The normalized spacial score (nSPS) is 20.1. The first-order chi connectivity index (χ1) is 15.4. The van der Waals surface area contributed by atoms with Crippen molar-refractivity contribution in [3.63, 3.8) is 0 Å². The lowest BCUT2D eigenvalue weighted by molar-refractivity contribution is -0.134. The molecular weight excluding hydrogens is 430 g/mol. The molecule has 1 aromatic rings. The number of hydrogen-bond acceptors (Lipinski definition) is 5. The minimum atomic E-state index is -3.72. The van der Waals surface area contributed by atoms with Crippen LogP contribution in [0.4, 0.5) is 5.69 Å². The largest absolute Gasteiger partial charge is 0.492 e. The van der Waals surface area contributed by atoms with Crippen molar-refractivity contribution in [3.8, 4) is 5.75 Å². The number of sulfonamides is 1. The van der Waals surface area contributed by atoms with Gasteiger partial charge in [0.05, 0.1) is 12.5 Å². The van der Waals surface area contributed by atoms with Crippen LogP contribution in [-0.2, 0) is 19.6 Å². The number of amides is 2. The molecule has 2 heterocycles. The maximum absolute atomic E-state index is 13.3. The molecule has 0 bridgehead atoms. The molecule has 0 radical (unpaired) electrons. The zero-order valence-electron chi connectivity index (χ0n) is 19.1. The molecule has 1 unspecified atom stereocenters. The second kappa shape index (κ2) is 11.1. The summed E-state index contributed by atoms with van der Waals surface area (Å²) in [4.78, 5) is 27.0. The molecule has 2 aliphatic rings. The van der Waals surface area contributed by atoms with Gasteiger partial charge in [-0.25, -0.2) is 8.42 Å². The zero-order valence-corrected chi connectivity index (χ0v) is 20.0. The Bertz CT molecular complexity index is 912. The van der Waals surface area contributed by atoms with Crippen LogP contribution in [0.5, 0.6) is 5.75 Å². The first kappa shape index (κ1) is 24.5. The lowest BCUT2D eigenvalue weighted by Gasteiger charge is -2.32. The first-order valence-electron chi connectivity index (χ1n) is 11.7. The van der Waals surface area contributed by atoms with Crippen LogP contribution in [0.1, 0.15) is 58.8 Å². The van der Waals surface area contributed by atoms with Gasteiger partial charge in [0, 0.05) is 38.3 Å². The van der Waals surface area contributed by atoms with Gasteiger partial charge in [-0.3, -0.25) is 9.59 Å². The van der Waals surface area contributed by atoms with Crippen molar-refractivity contribution in [2.45, 2.75) is 63.7 Å². The number of piperidine rings is 2. The lowest BCUT2D eigenvalue weighted by Crippen LogP contribution is -2.43. The molecule has 32 heavy (non-hydrogen) atoms. The van der Waals surface area contributed by atoms with Crippen molar-refractivity contribution >= 4 is 27.5 Å².